The van der Waals surface area contributed by atoms with Gasteiger partial charge in [0.05, 0.1) is 36.2 Å². The summed E-state index contributed by atoms with van der Waals surface area (Å²) in [6.45, 7) is 0.0240. The van der Waals surface area contributed by atoms with Gasteiger partial charge in [-0.1, -0.05) is 0 Å². The number of pyridine rings is 1. The maximum Gasteiger partial charge on any atom is 0.433 e. The van der Waals surface area contributed by atoms with Crippen molar-refractivity contribution < 1.29 is 40.3 Å². The lowest BCUT2D eigenvalue weighted by Gasteiger charge is -2.41. The molecular weight excluding hydrogens is 487 g/mol. The van der Waals surface area contributed by atoms with Crippen molar-refractivity contribution in [3.63, 3.8) is 0 Å². The predicted octanol–water partition coefficient (Wildman–Crippen LogP) is 4.51. The molecule has 0 aliphatic carbocycles. The van der Waals surface area contributed by atoms with Gasteiger partial charge >= 0.3 is 12.4 Å². The van der Waals surface area contributed by atoms with Gasteiger partial charge < -0.3 is 15.0 Å². The first-order chi connectivity index (χ1) is 16.3. The normalized spacial score (nSPS) is 14.6. The number of amides is 1. The molecule has 14 heteroatoms. The van der Waals surface area contributed by atoms with Crippen molar-refractivity contribution in [3.8, 4) is 5.75 Å². The third kappa shape index (κ3) is 5.46. The topological polar surface area (TPSA) is 72.3 Å². The number of hydrogen-bond acceptors (Lipinski definition) is 5. The Balaban J connectivity index is 1.52. The smallest absolute Gasteiger partial charge is 0.433 e. The third-order valence-corrected chi connectivity index (χ3v) is 5.03. The number of carbonyl (C=O) groups is 1. The van der Waals surface area contributed by atoms with Crippen LogP contribution in [-0.4, -0.2) is 39.9 Å². The molecule has 7 nitrogen and oxygen atoms in total. The van der Waals surface area contributed by atoms with Gasteiger partial charge in [-0.25, -0.2) is 9.37 Å². The van der Waals surface area contributed by atoms with Gasteiger partial charge in [-0.15, -0.1) is 0 Å². The lowest BCUT2D eigenvalue weighted by Crippen LogP contribution is -2.54. The molecular formula is C21H16F7N5O2. The van der Waals surface area contributed by atoms with E-state index >= 15 is 0 Å². The van der Waals surface area contributed by atoms with E-state index in [4.69, 9.17) is 4.74 Å². The fourth-order valence-electron chi connectivity index (χ4n) is 3.40. The minimum atomic E-state index is -4.80. The van der Waals surface area contributed by atoms with Gasteiger partial charge in [-0.2, -0.15) is 31.4 Å². The second-order valence-electron chi connectivity index (χ2n) is 7.74. The lowest BCUT2D eigenvalue weighted by molar-refractivity contribution is -0.141. The molecule has 1 N–H and O–H groups in total. The third-order valence-electron chi connectivity index (χ3n) is 5.03. The number of nitrogens with one attached hydrogen (secondary N) is 1. The van der Waals surface area contributed by atoms with Crippen LogP contribution < -0.4 is 15.0 Å². The van der Waals surface area contributed by atoms with Crippen LogP contribution in [0.4, 0.5) is 42.1 Å². The Morgan fingerprint density at radius 1 is 1.09 bits per heavy atom. The van der Waals surface area contributed by atoms with E-state index in [1.807, 2.05) is 0 Å². The Morgan fingerprint density at radius 3 is 2.40 bits per heavy atom. The summed E-state index contributed by atoms with van der Waals surface area (Å²) < 4.78 is 98.6. The number of benzene rings is 1. The molecule has 1 amide bonds. The average Bonchev–Trinajstić information content (AvgIpc) is 3.13. The Labute approximate surface area is 193 Å². The SMILES string of the molecule is Cn1cc(NC(=O)c2nc(C(F)(F)F)ccc2N2CC(Oc3cc(F)cc(C(F)(F)F)c3)C2)cn1. The van der Waals surface area contributed by atoms with Crippen LogP contribution >= 0.6 is 0 Å². The molecule has 3 aromatic rings. The number of carbonyl (C=O) groups excluding carboxylic acids is 1. The molecule has 0 unspecified atom stereocenters. The summed E-state index contributed by atoms with van der Waals surface area (Å²) in [6.07, 6.45) is -7.53. The Bertz CT molecular complexity index is 1250. The summed E-state index contributed by atoms with van der Waals surface area (Å²) in [7, 11) is 1.58. The van der Waals surface area contributed by atoms with Gasteiger partial charge in [0.15, 0.2) is 5.69 Å². The van der Waals surface area contributed by atoms with Gasteiger partial charge in [-0.05, 0) is 24.3 Å². The number of hydrogen-bond donors (Lipinski definition) is 1. The van der Waals surface area contributed by atoms with Crippen LogP contribution in [0.25, 0.3) is 0 Å². The molecule has 1 aliphatic heterocycles. The summed E-state index contributed by atoms with van der Waals surface area (Å²) >= 11 is 0. The second-order valence-corrected chi connectivity index (χ2v) is 7.74. The number of anilines is 2. The first-order valence-corrected chi connectivity index (χ1v) is 9.97. The number of alkyl halides is 6. The second kappa shape index (κ2) is 8.74. The standard InChI is InChI=1S/C21H16F7N5O2/c1-32-8-13(7-29-32)30-19(34)18-16(2-3-17(31-18)21(26,27)28)33-9-15(10-33)35-14-5-11(20(23,24)25)4-12(22)6-14/h2-8,15H,9-10H2,1H3,(H,30,34). The van der Waals surface area contributed by atoms with Crippen molar-refractivity contribution in [1.82, 2.24) is 14.8 Å². The Kier molecular flexibility index (Phi) is 6.07. The van der Waals surface area contributed by atoms with Crippen molar-refractivity contribution >= 4 is 17.3 Å². The monoisotopic (exact) mass is 503 g/mol. The maximum atomic E-state index is 13.6. The summed E-state index contributed by atoms with van der Waals surface area (Å²) in [5.74, 6) is -2.39. The molecule has 1 aliphatic rings. The van der Waals surface area contributed by atoms with Gasteiger partial charge in [-0.3, -0.25) is 9.48 Å². The van der Waals surface area contributed by atoms with E-state index in [1.54, 1.807) is 7.05 Å². The molecule has 1 fully saturated rings. The van der Waals surface area contributed by atoms with Crippen LogP contribution in [0.2, 0.25) is 0 Å². The molecule has 0 bridgehead atoms. The summed E-state index contributed by atoms with van der Waals surface area (Å²) in [4.78, 5) is 17.7. The minimum Gasteiger partial charge on any atom is -0.487 e. The zero-order chi connectivity index (χ0) is 25.5. The van der Waals surface area contributed by atoms with Crippen molar-refractivity contribution in [2.75, 3.05) is 23.3 Å². The zero-order valence-electron chi connectivity index (χ0n) is 17.8. The first-order valence-electron chi connectivity index (χ1n) is 9.97. The molecule has 0 radical (unpaired) electrons. The number of halogens is 7. The molecule has 1 saturated heterocycles. The van der Waals surface area contributed by atoms with Crippen LogP contribution in [0.5, 0.6) is 5.75 Å². The highest BCUT2D eigenvalue weighted by molar-refractivity contribution is 6.06. The van der Waals surface area contributed by atoms with E-state index in [1.165, 1.54) is 22.0 Å². The largest absolute Gasteiger partial charge is 0.487 e. The molecule has 186 valence electrons. The number of rotatable bonds is 5. The van der Waals surface area contributed by atoms with Gasteiger partial charge in [0.2, 0.25) is 0 Å². The summed E-state index contributed by atoms with van der Waals surface area (Å²) in [5.41, 5.74) is -2.70. The minimum absolute atomic E-state index is 0.0120. The molecule has 2 aromatic heterocycles. The fraction of sp³-hybridized carbons (Fsp3) is 0.286. The van der Waals surface area contributed by atoms with E-state index in [2.05, 4.69) is 15.4 Å². The number of nitrogens with zero attached hydrogens (tertiary/aromatic N) is 4. The molecule has 0 spiro atoms. The van der Waals surface area contributed by atoms with Crippen molar-refractivity contribution in [2.45, 2.75) is 18.5 Å². The quantitative estimate of drug-likeness (QED) is 0.519. The van der Waals surface area contributed by atoms with E-state index in [0.29, 0.717) is 18.2 Å². The first kappa shape index (κ1) is 24.3. The number of ether oxygens (including phenoxy) is 1. The molecule has 1 aromatic carbocycles. The van der Waals surface area contributed by atoms with Crippen molar-refractivity contribution in [2.24, 2.45) is 7.05 Å². The van der Waals surface area contributed by atoms with Crippen LogP contribution in [0.15, 0.2) is 42.7 Å². The highest BCUT2D eigenvalue weighted by Crippen LogP contribution is 2.35. The van der Waals surface area contributed by atoms with Crippen molar-refractivity contribution in [1.29, 1.82) is 0 Å². The van der Waals surface area contributed by atoms with Crippen LogP contribution in [-0.2, 0) is 19.4 Å². The summed E-state index contributed by atoms with van der Waals surface area (Å²) in [5, 5.41) is 6.28. The van der Waals surface area contributed by atoms with Crippen LogP contribution in [0.1, 0.15) is 21.7 Å². The van der Waals surface area contributed by atoms with Gasteiger partial charge in [0.25, 0.3) is 5.91 Å². The maximum absolute atomic E-state index is 13.6. The van der Waals surface area contributed by atoms with E-state index in [0.717, 1.165) is 12.1 Å². The summed E-state index contributed by atoms with van der Waals surface area (Å²) in [6, 6.07) is 3.57. The zero-order valence-corrected chi connectivity index (χ0v) is 17.8. The Morgan fingerprint density at radius 2 is 1.80 bits per heavy atom. The highest BCUT2D eigenvalue weighted by atomic mass is 19.4. The van der Waals surface area contributed by atoms with E-state index in [9.17, 15) is 35.5 Å². The average molecular weight is 503 g/mol. The molecule has 4 rings (SSSR count). The number of aromatic nitrogens is 3. The number of aryl methyl sites for hydroxylation is 1. The van der Waals surface area contributed by atoms with Crippen LogP contribution in [0, 0.1) is 5.82 Å². The molecule has 0 saturated carbocycles. The van der Waals surface area contributed by atoms with Gasteiger partial charge in [0.1, 0.15) is 23.4 Å². The van der Waals surface area contributed by atoms with E-state index in [-0.39, 0.29) is 30.2 Å². The van der Waals surface area contributed by atoms with Crippen molar-refractivity contribution in [3.05, 3.63) is 65.5 Å². The molecule has 3 heterocycles. The van der Waals surface area contributed by atoms with Crippen LogP contribution in [0.3, 0.4) is 0 Å². The van der Waals surface area contributed by atoms with E-state index < -0.39 is 47.1 Å². The fourth-order valence-corrected chi connectivity index (χ4v) is 3.40. The Hall–Kier alpha value is -3.84. The highest BCUT2D eigenvalue weighted by Gasteiger charge is 2.37. The molecule has 0 atom stereocenters. The predicted molar refractivity (Wildman–Crippen MR) is 108 cm³/mol. The molecule has 35 heavy (non-hydrogen) atoms. The lowest BCUT2D eigenvalue weighted by atomic mass is 10.1. The van der Waals surface area contributed by atoms with Gasteiger partial charge in [0, 0.05) is 19.3 Å².